The van der Waals surface area contributed by atoms with Crippen LogP contribution in [-0.4, -0.2) is 37.4 Å². The Morgan fingerprint density at radius 2 is 1.56 bits per heavy atom. The Kier molecular flexibility index (Phi) is 11.3. The van der Waals surface area contributed by atoms with Gasteiger partial charge in [0.2, 0.25) is 0 Å². The average molecular weight is 333 g/mol. The molecule has 0 aliphatic rings. The molecule has 4 N–H and O–H groups in total. The van der Waals surface area contributed by atoms with Gasteiger partial charge < -0.3 is 19.2 Å². The van der Waals surface area contributed by atoms with Crippen LogP contribution in [0.5, 0.6) is 0 Å². The van der Waals surface area contributed by atoms with Crippen molar-refractivity contribution in [3.63, 3.8) is 0 Å². The third-order valence-corrected chi connectivity index (χ3v) is 1.75. The van der Waals surface area contributed by atoms with Crippen LogP contribution in [-0.2, 0) is 30.2 Å². The van der Waals surface area contributed by atoms with E-state index in [-0.39, 0.29) is 18.9 Å². The van der Waals surface area contributed by atoms with Gasteiger partial charge in [-0.25, -0.2) is 17.2 Å². The van der Waals surface area contributed by atoms with Crippen LogP contribution in [0, 0.1) is 0 Å². The molecular formula is CH4F3LiNO9PS2. The zero-order chi connectivity index (χ0) is 14.5. The molecule has 0 saturated heterocycles. The van der Waals surface area contributed by atoms with E-state index in [1.54, 1.807) is 0 Å². The summed E-state index contributed by atoms with van der Waals surface area (Å²) in [5.74, 6) is 0. The molecule has 10 nitrogen and oxygen atoms in total. The Morgan fingerprint density at radius 3 is 1.72 bits per heavy atom. The molecule has 0 bridgehead atoms. The predicted octanol–water partition coefficient (Wildman–Crippen LogP) is -4.77. The SMILES string of the molecule is O=P(O)(O)O.O=S([O-])ONS(=O)(=O)C(F)(F)F.[Li+]. The minimum atomic E-state index is -5.76. The van der Waals surface area contributed by atoms with Gasteiger partial charge in [0.15, 0.2) is 0 Å². The van der Waals surface area contributed by atoms with Gasteiger partial charge in [0.25, 0.3) is 0 Å². The second kappa shape index (κ2) is 8.61. The van der Waals surface area contributed by atoms with Crippen LogP contribution >= 0.6 is 7.82 Å². The first kappa shape index (κ1) is 23.6. The Morgan fingerprint density at radius 1 is 1.28 bits per heavy atom. The van der Waals surface area contributed by atoms with E-state index < -0.39 is 34.7 Å². The molecule has 17 heteroatoms. The molecular weight excluding hydrogens is 329 g/mol. The Balaban J connectivity index is -0.000000321. The topological polar surface area (TPSA) is 173 Å². The van der Waals surface area contributed by atoms with Crippen molar-refractivity contribution in [2.75, 3.05) is 0 Å². The molecule has 1 unspecified atom stereocenters. The molecule has 0 amide bonds. The molecule has 0 aromatic carbocycles. The summed E-state index contributed by atoms with van der Waals surface area (Å²) < 4.78 is 84.7. The summed E-state index contributed by atoms with van der Waals surface area (Å²) in [4.78, 5) is 21.9. The van der Waals surface area contributed by atoms with Gasteiger partial charge in [0.1, 0.15) is 11.4 Å². The van der Waals surface area contributed by atoms with Crippen molar-refractivity contribution in [1.82, 2.24) is 4.89 Å². The minimum Gasteiger partial charge on any atom is -0.748 e. The van der Waals surface area contributed by atoms with Gasteiger partial charge in [-0.1, -0.05) is 4.89 Å². The summed E-state index contributed by atoms with van der Waals surface area (Å²) in [7, 11) is -10.4. The van der Waals surface area contributed by atoms with Crippen LogP contribution in [0.3, 0.4) is 0 Å². The fraction of sp³-hybridized carbons (Fsp3) is 1.00. The molecule has 0 rings (SSSR count). The van der Waals surface area contributed by atoms with Crippen molar-refractivity contribution in [3.8, 4) is 0 Å². The molecule has 0 fully saturated rings. The first-order valence-corrected chi connectivity index (χ1v) is 6.84. The number of rotatable bonds is 3. The van der Waals surface area contributed by atoms with Gasteiger partial charge >= 0.3 is 42.2 Å². The molecule has 0 aliphatic heterocycles. The van der Waals surface area contributed by atoms with Gasteiger partial charge in [0.05, 0.1) is 0 Å². The van der Waals surface area contributed by atoms with Crippen LogP contribution in [0.15, 0.2) is 0 Å². The monoisotopic (exact) mass is 333 g/mol. The first-order valence-electron chi connectivity index (χ1n) is 2.80. The van der Waals surface area contributed by atoms with Gasteiger partial charge in [-0.3, -0.25) is 0 Å². The number of nitrogens with one attached hydrogen (secondary N) is 1. The first-order chi connectivity index (χ1) is 7.17. The predicted molar refractivity (Wildman–Crippen MR) is 42.4 cm³/mol. The van der Waals surface area contributed by atoms with Gasteiger partial charge in [-0.2, -0.15) is 17.5 Å². The number of alkyl halides is 3. The van der Waals surface area contributed by atoms with E-state index in [1.165, 1.54) is 0 Å². The van der Waals surface area contributed by atoms with Crippen LogP contribution in [0.1, 0.15) is 0 Å². The summed E-state index contributed by atoms with van der Waals surface area (Å²) in [6.07, 6.45) is 0. The number of halogens is 3. The fourth-order valence-electron chi connectivity index (χ4n) is 0.120. The van der Waals surface area contributed by atoms with E-state index in [0.717, 1.165) is 0 Å². The van der Waals surface area contributed by atoms with Crippen molar-refractivity contribution in [1.29, 1.82) is 0 Å². The number of sulfonamides is 1. The molecule has 0 heterocycles. The zero-order valence-corrected chi connectivity index (χ0v) is 10.7. The van der Waals surface area contributed by atoms with E-state index in [0.29, 0.717) is 4.89 Å². The van der Waals surface area contributed by atoms with Crippen molar-refractivity contribution < 1.29 is 72.7 Å². The van der Waals surface area contributed by atoms with Crippen LogP contribution < -0.4 is 23.7 Å². The van der Waals surface area contributed by atoms with E-state index in [4.69, 9.17) is 19.2 Å². The third-order valence-electron chi connectivity index (χ3n) is 0.516. The fourth-order valence-corrected chi connectivity index (χ4v) is 0.795. The number of hydrogen-bond acceptors (Lipinski definition) is 6. The summed E-state index contributed by atoms with van der Waals surface area (Å²) in [6.45, 7) is 0. The van der Waals surface area contributed by atoms with E-state index in [2.05, 4.69) is 4.28 Å². The second-order valence-electron chi connectivity index (χ2n) is 1.83. The molecule has 1 atom stereocenters. The summed E-state index contributed by atoms with van der Waals surface area (Å²) >= 11 is -3.39. The molecule has 106 valence electrons. The van der Waals surface area contributed by atoms with E-state index in [9.17, 15) is 30.4 Å². The molecule has 0 aromatic heterocycles. The van der Waals surface area contributed by atoms with Crippen LogP contribution in [0.2, 0.25) is 0 Å². The van der Waals surface area contributed by atoms with Crippen molar-refractivity contribution in [2.24, 2.45) is 0 Å². The van der Waals surface area contributed by atoms with Crippen molar-refractivity contribution in [3.05, 3.63) is 0 Å². The van der Waals surface area contributed by atoms with Gasteiger partial charge in [-0.05, 0) is 0 Å². The van der Waals surface area contributed by atoms with Crippen molar-refractivity contribution in [2.45, 2.75) is 5.51 Å². The molecule has 0 aromatic rings. The molecule has 0 radical (unpaired) electrons. The maximum Gasteiger partial charge on any atom is 1.00 e. The van der Waals surface area contributed by atoms with E-state index in [1.807, 2.05) is 0 Å². The molecule has 18 heavy (non-hydrogen) atoms. The minimum absolute atomic E-state index is 0. The normalized spacial score (nSPS) is 13.9. The molecule has 0 spiro atoms. The number of phosphoric acid groups is 1. The second-order valence-corrected chi connectivity index (χ2v) is 5.07. The Hall–Kier alpha value is 0.477. The smallest absolute Gasteiger partial charge is 0.748 e. The maximum atomic E-state index is 11.4. The standard InChI is InChI=1S/CH2F3NO5S2.Li.H3O4P/c2-1(3,4)12(8,9)5-10-11(6)7;;1-5(2,3)4/h5H,(H,6,7);;(H3,1,2,3,4)/q;+1;/p-1. The van der Waals surface area contributed by atoms with Crippen molar-refractivity contribution >= 4 is 29.2 Å². The maximum absolute atomic E-state index is 11.4. The largest absolute Gasteiger partial charge is 1.00 e. The summed E-state index contributed by atoms with van der Waals surface area (Å²) in [5.41, 5.74) is -5.60. The van der Waals surface area contributed by atoms with E-state index >= 15 is 0 Å². The number of hydrogen-bond donors (Lipinski definition) is 4. The average Bonchev–Trinajstić information content (AvgIpc) is 1.95. The summed E-state index contributed by atoms with van der Waals surface area (Å²) in [6, 6.07) is 0. The van der Waals surface area contributed by atoms with Gasteiger partial charge in [0, 0.05) is 0 Å². The molecule has 0 aliphatic carbocycles. The molecule has 0 saturated carbocycles. The quantitative estimate of drug-likeness (QED) is 0.171. The van der Waals surface area contributed by atoms with Crippen LogP contribution in [0.25, 0.3) is 0 Å². The van der Waals surface area contributed by atoms with Gasteiger partial charge in [-0.15, -0.1) is 0 Å². The third kappa shape index (κ3) is 16.5. The zero-order valence-electron chi connectivity index (χ0n) is 8.19. The Labute approximate surface area is 112 Å². The van der Waals surface area contributed by atoms with Crippen LogP contribution in [0.4, 0.5) is 13.2 Å². The Bertz CT molecular complexity index is 392. The summed E-state index contributed by atoms with van der Waals surface area (Å²) in [5, 5.41) is 0.